The van der Waals surface area contributed by atoms with Crippen molar-refractivity contribution in [2.75, 3.05) is 26.2 Å². The number of aryl methyl sites for hydroxylation is 1. The molecule has 1 fully saturated rings. The van der Waals surface area contributed by atoms with E-state index in [1.165, 1.54) is 12.1 Å². The lowest BCUT2D eigenvalue weighted by Gasteiger charge is -2.23. The lowest BCUT2D eigenvalue weighted by molar-refractivity contribution is 0.0324. The van der Waals surface area contributed by atoms with E-state index in [1.54, 1.807) is 13.0 Å². The van der Waals surface area contributed by atoms with E-state index in [1.807, 2.05) is 6.07 Å². The number of nitrogens with zero attached hydrogens (tertiary/aromatic N) is 1. The van der Waals surface area contributed by atoms with Crippen LogP contribution in [-0.2, 0) is 14.8 Å². The van der Waals surface area contributed by atoms with Crippen molar-refractivity contribution in [3.05, 3.63) is 29.3 Å². The van der Waals surface area contributed by atoms with E-state index in [4.69, 9.17) is 10.00 Å². The van der Waals surface area contributed by atoms with Crippen molar-refractivity contribution in [2.45, 2.75) is 17.9 Å². The molecule has 0 aromatic heterocycles. The average molecular weight is 295 g/mol. The molecule has 1 aromatic carbocycles. The second kappa shape index (κ2) is 6.33. The Labute approximate surface area is 118 Å². The lowest BCUT2D eigenvalue weighted by atomic mass is 10.2. The molecule has 1 heterocycles. The van der Waals surface area contributed by atoms with E-state index in [2.05, 4.69) is 10.0 Å². The first-order valence-corrected chi connectivity index (χ1v) is 7.84. The monoisotopic (exact) mass is 295 g/mol. The summed E-state index contributed by atoms with van der Waals surface area (Å²) in [6.45, 7) is 3.91. The summed E-state index contributed by atoms with van der Waals surface area (Å²) >= 11 is 0. The van der Waals surface area contributed by atoms with Crippen LogP contribution >= 0.6 is 0 Å². The molecule has 1 aliphatic heterocycles. The van der Waals surface area contributed by atoms with Gasteiger partial charge >= 0.3 is 0 Å². The number of ether oxygens (including phenoxy) is 1. The van der Waals surface area contributed by atoms with Gasteiger partial charge in [-0.05, 0) is 30.7 Å². The van der Waals surface area contributed by atoms with Crippen molar-refractivity contribution in [3.63, 3.8) is 0 Å². The van der Waals surface area contributed by atoms with Gasteiger partial charge in [-0.3, -0.25) is 0 Å². The van der Waals surface area contributed by atoms with Crippen LogP contribution in [0.25, 0.3) is 0 Å². The van der Waals surface area contributed by atoms with Gasteiger partial charge in [0.15, 0.2) is 0 Å². The molecule has 1 saturated heterocycles. The Balaban J connectivity index is 2.08. The number of hydrogen-bond acceptors (Lipinski definition) is 5. The first kappa shape index (κ1) is 14.9. The summed E-state index contributed by atoms with van der Waals surface area (Å²) < 4.78 is 32.4. The maximum absolute atomic E-state index is 12.2. The maximum Gasteiger partial charge on any atom is 0.240 e. The molecule has 7 heteroatoms. The number of hydrogen-bond donors (Lipinski definition) is 2. The summed E-state index contributed by atoms with van der Waals surface area (Å²) in [5.74, 6) is 0. The van der Waals surface area contributed by atoms with Crippen LogP contribution < -0.4 is 10.0 Å². The number of nitriles is 1. The van der Waals surface area contributed by atoms with Crippen LogP contribution in [-0.4, -0.2) is 40.8 Å². The van der Waals surface area contributed by atoms with Crippen molar-refractivity contribution in [1.82, 2.24) is 10.0 Å². The molecule has 1 aliphatic rings. The fourth-order valence-electron chi connectivity index (χ4n) is 2.05. The molecule has 1 unspecified atom stereocenters. The van der Waals surface area contributed by atoms with Gasteiger partial charge in [-0.2, -0.15) is 5.26 Å². The average Bonchev–Trinajstić information content (AvgIpc) is 2.46. The number of rotatable bonds is 4. The molecule has 20 heavy (non-hydrogen) atoms. The fraction of sp³-hybridized carbons (Fsp3) is 0.462. The molecular weight excluding hydrogens is 278 g/mol. The summed E-state index contributed by atoms with van der Waals surface area (Å²) in [6, 6.07) is 6.50. The van der Waals surface area contributed by atoms with Crippen molar-refractivity contribution < 1.29 is 13.2 Å². The van der Waals surface area contributed by atoms with Crippen molar-refractivity contribution in [2.24, 2.45) is 0 Å². The van der Waals surface area contributed by atoms with Crippen LogP contribution in [0.5, 0.6) is 0 Å². The van der Waals surface area contributed by atoms with Gasteiger partial charge in [0.2, 0.25) is 10.0 Å². The van der Waals surface area contributed by atoms with Crippen LogP contribution in [0.1, 0.15) is 11.1 Å². The Hall–Kier alpha value is -1.46. The summed E-state index contributed by atoms with van der Waals surface area (Å²) in [4.78, 5) is 0.195. The molecule has 2 rings (SSSR count). The number of morpholine rings is 1. The molecule has 6 nitrogen and oxygen atoms in total. The summed E-state index contributed by atoms with van der Waals surface area (Å²) in [5, 5.41) is 11.9. The van der Waals surface area contributed by atoms with E-state index in [9.17, 15) is 8.42 Å². The Bertz CT molecular complexity index is 616. The Morgan fingerprint density at radius 1 is 1.55 bits per heavy atom. The third kappa shape index (κ3) is 3.55. The van der Waals surface area contributed by atoms with Gasteiger partial charge in [-0.25, -0.2) is 13.1 Å². The predicted octanol–water partition coefficient (Wildman–Crippen LogP) is 0.133. The van der Waals surface area contributed by atoms with Gasteiger partial charge in [-0.1, -0.05) is 0 Å². The summed E-state index contributed by atoms with van der Waals surface area (Å²) in [6.07, 6.45) is -0.155. The molecule has 0 spiro atoms. The maximum atomic E-state index is 12.2. The topological polar surface area (TPSA) is 91.2 Å². The fourth-order valence-corrected chi connectivity index (χ4v) is 3.34. The van der Waals surface area contributed by atoms with Gasteiger partial charge in [0.1, 0.15) is 0 Å². The molecule has 0 saturated carbocycles. The van der Waals surface area contributed by atoms with Gasteiger partial charge in [0.25, 0.3) is 0 Å². The van der Waals surface area contributed by atoms with Gasteiger partial charge in [0.05, 0.1) is 29.2 Å². The summed E-state index contributed by atoms with van der Waals surface area (Å²) in [7, 11) is -3.58. The molecule has 0 radical (unpaired) electrons. The van der Waals surface area contributed by atoms with Crippen LogP contribution in [0, 0.1) is 18.3 Å². The minimum absolute atomic E-state index is 0.155. The zero-order valence-electron chi connectivity index (χ0n) is 11.2. The quantitative estimate of drug-likeness (QED) is 0.824. The number of sulfonamides is 1. The minimum Gasteiger partial charge on any atom is -0.374 e. The summed E-state index contributed by atoms with van der Waals surface area (Å²) in [5.41, 5.74) is 1.00. The van der Waals surface area contributed by atoms with Crippen molar-refractivity contribution in [3.8, 4) is 6.07 Å². The third-order valence-electron chi connectivity index (χ3n) is 3.10. The standard InChI is InChI=1S/C13H17N3O3S/c1-10-6-11(7-14)2-3-13(10)20(17,18)16-9-12-8-15-4-5-19-12/h2-3,6,12,15-16H,4-5,8-9H2,1H3. The molecule has 0 bridgehead atoms. The molecule has 1 aromatic rings. The first-order valence-electron chi connectivity index (χ1n) is 6.35. The highest BCUT2D eigenvalue weighted by molar-refractivity contribution is 7.89. The first-order chi connectivity index (χ1) is 9.53. The predicted molar refractivity (Wildman–Crippen MR) is 73.7 cm³/mol. The molecule has 0 aliphatic carbocycles. The molecule has 1 atom stereocenters. The molecule has 108 valence electrons. The van der Waals surface area contributed by atoms with E-state index in [0.717, 1.165) is 6.54 Å². The highest BCUT2D eigenvalue weighted by Gasteiger charge is 2.20. The lowest BCUT2D eigenvalue weighted by Crippen LogP contribution is -2.45. The number of benzene rings is 1. The van der Waals surface area contributed by atoms with Crippen molar-refractivity contribution in [1.29, 1.82) is 5.26 Å². The largest absolute Gasteiger partial charge is 0.374 e. The SMILES string of the molecule is Cc1cc(C#N)ccc1S(=O)(=O)NCC1CNCCO1. The molecule has 2 N–H and O–H groups in total. The van der Waals surface area contributed by atoms with E-state index in [-0.39, 0.29) is 17.5 Å². The van der Waals surface area contributed by atoms with Gasteiger partial charge in [-0.15, -0.1) is 0 Å². The zero-order valence-corrected chi connectivity index (χ0v) is 12.0. The number of nitrogens with one attached hydrogen (secondary N) is 2. The van der Waals surface area contributed by atoms with E-state index in [0.29, 0.717) is 24.3 Å². The molecular formula is C13H17N3O3S. The van der Waals surface area contributed by atoms with Crippen LogP contribution in [0.15, 0.2) is 23.1 Å². The normalized spacial score (nSPS) is 19.5. The Morgan fingerprint density at radius 3 is 2.95 bits per heavy atom. The van der Waals surface area contributed by atoms with Gasteiger partial charge < -0.3 is 10.1 Å². The smallest absolute Gasteiger partial charge is 0.240 e. The zero-order chi connectivity index (χ0) is 14.6. The highest BCUT2D eigenvalue weighted by Crippen LogP contribution is 2.16. The Kier molecular flexibility index (Phi) is 4.73. The second-order valence-corrected chi connectivity index (χ2v) is 6.38. The van der Waals surface area contributed by atoms with Crippen LogP contribution in [0.2, 0.25) is 0 Å². The minimum atomic E-state index is -3.58. The Morgan fingerprint density at radius 2 is 2.35 bits per heavy atom. The molecule has 0 amide bonds. The van der Waals surface area contributed by atoms with E-state index >= 15 is 0 Å². The third-order valence-corrected chi connectivity index (χ3v) is 4.68. The van der Waals surface area contributed by atoms with Crippen LogP contribution in [0.3, 0.4) is 0 Å². The second-order valence-electron chi connectivity index (χ2n) is 4.64. The van der Waals surface area contributed by atoms with Crippen LogP contribution in [0.4, 0.5) is 0 Å². The van der Waals surface area contributed by atoms with E-state index < -0.39 is 10.0 Å². The van der Waals surface area contributed by atoms with Gasteiger partial charge in [0, 0.05) is 19.6 Å². The highest BCUT2D eigenvalue weighted by atomic mass is 32.2. The van der Waals surface area contributed by atoms with Crippen molar-refractivity contribution >= 4 is 10.0 Å².